The molecule has 1 saturated carbocycles. The zero-order valence-electron chi connectivity index (χ0n) is 5.60. The van der Waals surface area contributed by atoms with E-state index in [4.69, 9.17) is 5.73 Å². The van der Waals surface area contributed by atoms with Crippen LogP contribution in [0.4, 0.5) is 13.2 Å². The predicted molar refractivity (Wildman–Crippen MR) is 35.4 cm³/mol. The highest BCUT2D eigenvalue weighted by atomic mass is 35.5. The van der Waals surface area contributed by atoms with Crippen LogP contribution in [0.2, 0.25) is 0 Å². The first kappa shape index (κ1) is 11.0. The highest BCUT2D eigenvalue weighted by Gasteiger charge is 2.38. The molecule has 2 N–H and O–H groups in total. The van der Waals surface area contributed by atoms with Gasteiger partial charge in [0.2, 0.25) is 0 Å². The van der Waals surface area contributed by atoms with Crippen molar-refractivity contribution >= 4 is 12.4 Å². The molecule has 1 rings (SSSR count). The first-order chi connectivity index (χ1) is 4.47. The molecule has 0 aromatic carbocycles. The van der Waals surface area contributed by atoms with Crippen molar-refractivity contribution in [3.05, 3.63) is 0 Å². The quantitative estimate of drug-likeness (QED) is 0.681. The van der Waals surface area contributed by atoms with E-state index >= 15 is 0 Å². The van der Waals surface area contributed by atoms with E-state index in [-0.39, 0.29) is 18.4 Å². The first-order valence-corrected chi connectivity index (χ1v) is 2.97. The average molecular weight is 192 g/mol. The molecule has 0 radical (unpaired) electrons. The summed E-state index contributed by atoms with van der Waals surface area (Å²) in [5.41, 5.74) is 5.24. The number of hydrogen-bond donors (Lipinski definition) is 1. The minimum Gasteiger partial charge on any atom is -0.328 e. The molecule has 0 unspecified atom stereocenters. The molecule has 0 amide bonds. The molecule has 0 atom stereocenters. The molecule has 68 valence electrons. The normalized spacial score (nSPS) is 30.5. The van der Waals surface area contributed by atoms with Crippen molar-refractivity contribution in [2.45, 2.75) is 31.3 Å². The molecule has 0 aliphatic heterocycles. The Balaban J connectivity index is 0.000001000. The van der Waals surface area contributed by atoms with E-state index in [1.54, 1.807) is 0 Å². The van der Waals surface area contributed by atoms with Gasteiger partial charge < -0.3 is 5.73 Å². The lowest BCUT2D eigenvalue weighted by atomic mass is 9.90. The second-order valence-electron chi connectivity index (χ2n) is 2.42. The van der Waals surface area contributed by atoms with Gasteiger partial charge in [0.15, 0.2) is 0 Å². The van der Waals surface area contributed by atoms with Crippen LogP contribution in [-0.4, -0.2) is 18.5 Å². The largest absolute Gasteiger partial charge is 0.522 e. The zero-order chi connectivity index (χ0) is 7.78. The van der Waals surface area contributed by atoms with E-state index in [0.717, 1.165) is 0 Å². The van der Waals surface area contributed by atoms with Crippen molar-refractivity contribution in [1.82, 2.24) is 0 Å². The minimum atomic E-state index is -4.50. The summed E-state index contributed by atoms with van der Waals surface area (Å²) in [7, 11) is 0. The highest BCUT2D eigenvalue weighted by Crippen LogP contribution is 2.28. The smallest absolute Gasteiger partial charge is 0.328 e. The molecule has 1 aliphatic rings. The van der Waals surface area contributed by atoms with Crippen molar-refractivity contribution in [1.29, 1.82) is 0 Å². The monoisotopic (exact) mass is 191 g/mol. The number of alkyl halides is 3. The van der Waals surface area contributed by atoms with Crippen LogP contribution in [0, 0.1) is 0 Å². The zero-order valence-corrected chi connectivity index (χ0v) is 6.41. The van der Waals surface area contributed by atoms with Crippen LogP contribution in [0.25, 0.3) is 0 Å². The fraction of sp³-hybridized carbons (Fsp3) is 1.00. The Morgan fingerprint density at radius 2 is 1.73 bits per heavy atom. The molecule has 0 heterocycles. The highest BCUT2D eigenvalue weighted by molar-refractivity contribution is 5.85. The lowest BCUT2D eigenvalue weighted by molar-refractivity contribution is -0.351. The molecule has 2 nitrogen and oxygen atoms in total. The number of ether oxygens (including phenoxy) is 1. The van der Waals surface area contributed by atoms with Crippen LogP contribution in [0.1, 0.15) is 12.8 Å². The Morgan fingerprint density at radius 1 is 1.27 bits per heavy atom. The fourth-order valence-electron chi connectivity index (χ4n) is 0.892. The van der Waals surface area contributed by atoms with E-state index < -0.39 is 12.5 Å². The summed E-state index contributed by atoms with van der Waals surface area (Å²) in [6, 6.07) is -0.104. The number of halogens is 4. The van der Waals surface area contributed by atoms with E-state index in [0.29, 0.717) is 12.8 Å². The number of nitrogens with two attached hydrogens (primary N) is 1. The van der Waals surface area contributed by atoms with Crippen LogP contribution in [-0.2, 0) is 4.74 Å². The molecule has 0 spiro atoms. The molecule has 0 bridgehead atoms. The van der Waals surface area contributed by atoms with Crippen molar-refractivity contribution in [3.63, 3.8) is 0 Å². The molecule has 0 aromatic rings. The van der Waals surface area contributed by atoms with Gasteiger partial charge in [-0.05, 0) is 12.8 Å². The second-order valence-corrected chi connectivity index (χ2v) is 2.42. The lowest BCUT2D eigenvalue weighted by Crippen LogP contribution is -2.44. The summed E-state index contributed by atoms with van der Waals surface area (Å²) >= 11 is 0. The summed E-state index contributed by atoms with van der Waals surface area (Å²) in [4.78, 5) is 0. The van der Waals surface area contributed by atoms with Crippen molar-refractivity contribution in [2.75, 3.05) is 0 Å². The minimum absolute atomic E-state index is 0. The summed E-state index contributed by atoms with van der Waals surface area (Å²) in [5.74, 6) is 0. The van der Waals surface area contributed by atoms with Crippen molar-refractivity contribution in [2.24, 2.45) is 5.73 Å². The van der Waals surface area contributed by atoms with Gasteiger partial charge in [0.1, 0.15) is 0 Å². The summed E-state index contributed by atoms with van der Waals surface area (Å²) in [6.07, 6.45) is -4.56. The topological polar surface area (TPSA) is 35.2 Å². The molecule has 0 aromatic heterocycles. The fourth-order valence-corrected chi connectivity index (χ4v) is 0.892. The molecule has 6 heteroatoms. The van der Waals surface area contributed by atoms with Crippen LogP contribution >= 0.6 is 12.4 Å². The van der Waals surface area contributed by atoms with Gasteiger partial charge in [0, 0.05) is 6.04 Å². The van der Waals surface area contributed by atoms with Gasteiger partial charge in [-0.1, -0.05) is 0 Å². The Bertz CT molecular complexity index is 123. The van der Waals surface area contributed by atoms with Crippen LogP contribution < -0.4 is 5.73 Å². The van der Waals surface area contributed by atoms with Crippen LogP contribution in [0.15, 0.2) is 0 Å². The maximum Gasteiger partial charge on any atom is 0.522 e. The van der Waals surface area contributed by atoms with Crippen molar-refractivity contribution in [3.8, 4) is 0 Å². The SMILES string of the molecule is Cl.NC1CC(OC(F)(F)F)C1. The average Bonchev–Trinajstić information content (AvgIpc) is 1.57. The lowest BCUT2D eigenvalue weighted by Gasteiger charge is -2.32. The Kier molecular flexibility index (Phi) is 3.60. The van der Waals surface area contributed by atoms with Crippen molar-refractivity contribution < 1.29 is 17.9 Å². The third-order valence-electron chi connectivity index (χ3n) is 1.43. The predicted octanol–water partition coefficient (Wildman–Crippen LogP) is 1.43. The number of hydrogen-bond acceptors (Lipinski definition) is 2. The molecular weight excluding hydrogens is 183 g/mol. The maximum atomic E-state index is 11.4. The summed E-state index contributed by atoms with van der Waals surface area (Å²) in [5, 5.41) is 0. The third kappa shape index (κ3) is 3.79. The van der Waals surface area contributed by atoms with Crippen LogP contribution in [0.5, 0.6) is 0 Å². The Morgan fingerprint density at radius 3 is 2.00 bits per heavy atom. The molecule has 11 heavy (non-hydrogen) atoms. The molecular formula is C5H9ClF3NO. The standard InChI is InChI=1S/C5H8F3NO.ClH/c6-5(7,8)10-4-1-3(9)2-4;/h3-4H,1-2,9H2;1H. The molecule has 1 aliphatic carbocycles. The van der Waals surface area contributed by atoms with Gasteiger partial charge in [-0.15, -0.1) is 25.6 Å². The van der Waals surface area contributed by atoms with Gasteiger partial charge in [-0.25, -0.2) is 0 Å². The van der Waals surface area contributed by atoms with Gasteiger partial charge in [0.25, 0.3) is 0 Å². The molecule has 1 fully saturated rings. The third-order valence-corrected chi connectivity index (χ3v) is 1.43. The first-order valence-electron chi connectivity index (χ1n) is 2.97. The van der Waals surface area contributed by atoms with E-state index in [9.17, 15) is 13.2 Å². The van der Waals surface area contributed by atoms with Crippen LogP contribution in [0.3, 0.4) is 0 Å². The van der Waals surface area contributed by atoms with E-state index in [1.807, 2.05) is 0 Å². The number of rotatable bonds is 1. The van der Waals surface area contributed by atoms with E-state index in [1.165, 1.54) is 0 Å². The summed E-state index contributed by atoms with van der Waals surface area (Å²) in [6.45, 7) is 0. The van der Waals surface area contributed by atoms with Gasteiger partial charge in [0.05, 0.1) is 6.10 Å². The summed E-state index contributed by atoms with van der Waals surface area (Å²) < 4.78 is 37.8. The van der Waals surface area contributed by atoms with Gasteiger partial charge in [-0.2, -0.15) is 0 Å². The Hall–Kier alpha value is -0.0000000000000000555. The molecule has 0 saturated heterocycles. The second kappa shape index (κ2) is 3.60. The van der Waals surface area contributed by atoms with Gasteiger partial charge >= 0.3 is 6.36 Å². The van der Waals surface area contributed by atoms with E-state index in [2.05, 4.69) is 4.74 Å². The van der Waals surface area contributed by atoms with Gasteiger partial charge in [-0.3, -0.25) is 4.74 Å². The maximum absolute atomic E-state index is 11.4. The Labute approximate surface area is 68.3 Å².